The predicted octanol–water partition coefficient (Wildman–Crippen LogP) is 5.67. The molecule has 2 heterocycles. The Kier molecular flexibility index (Phi) is 5.20. The molecule has 0 fully saturated rings. The van der Waals surface area contributed by atoms with Crippen molar-refractivity contribution in [2.75, 3.05) is 6.26 Å². The van der Waals surface area contributed by atoms with Crippen molar-refractivity contribution in [1.82, 2.24) is 9.78 Å². The molecule has 0 amide bonds. The molecule has 0 aliphatic heterocycles. The summed E-state index contributed by atoms with van der Waals surface area (Å²) in [6.07, 6.45) is -2.37. The van der Waals surface area contributed by atoms with Gasteiger partial charge in [0.2, 0.25) is 0 Å². The Bertz CT molecular complexity index is 1410. The predicted molar refractivity (Wildman–Crippen MR) is 110 cm³/mol. The van der Waals surface area contributed by atoms with Gasteiger partial charge in [-0.2, -0.15) is 18.3 Å². The molecule has 0 unspecified atom stereocenters. The fourth-order valence-electron chi connectivity index (χ4n) is 3.38. The summed E-state index contributed by atoms with van der Waals surface area (Å²) in [7, 11) is -3.84. The highest BCUT2D eigenvalue weighted by Gasteiger charge is 2.35. The van der Waals surface area contributed by atoms with E-state index in [2.05, 4.69) is 5.10 Å². The fourth-order valence-corrected chi connectivity index (χ4v) is 4.10. The lowest BCUT2D eigenvalue weighted by Gasteiger charge is -2.11. The molecular formula is C22H16F4N2O3S. The number of nitrogens with zero attached hydrogens (tertiary/aromatic N) is 2. The first-order valence-corrected chi connectivity index (χ1v) is 11.2. The number of halogens is 4. The van der Waals surface area contributed by atoms with Gasteiger partial charge in [-0.1, -0.05) is 12.1 Å². The number of sulfone groups is 1. The molecule has 2 aromatic heterocycles. The van der Waals surface area contributed by atoms with E-state index >= 15 is 0 Å². The van der Waals surface area contributed by atoms with E-state index in [1.165, 1.54) is 12.3 Å². The number of aromatic nitrogens is 2. The van der Waals surface area contributed by atoms with Crippen molar-refractivity contribution < 1.29 is 30.4 Å². The first-order valence-electron chi connectivity index (χ1n) is 9.27. The van der Waals surface area contributed by atoms with Gasteiger partial charge in [0.15, 0.2) is 15.5 Å². The van der Waals surface area contributed by atoms with E-state index in [0.29, 0.717) is 11.3 Å². The molecule has 0 spiro atoms. The Hall–Kier alpha value is -3.40. The summed E-state index contributed by atoms with van der Waals surface area (Å²) in [5, 5.41) is 3.62. The van der Waals surface area contributed by atoms with Crippen molar-refractivity contribution in [3.05, 3.63) is 77.9 Å². The first-order chi connectivity index (χ1) is 14.9. The minimum Gasteiger partial charge on any atom is -0.464 e. The highest BCUT2D eigenvalue weighted by Crippen LogP contribution is 2.35. The van der Waals surface area contributed by atoms with Crippen LogP contribution in [-0.4, -0.2) is 24.5 Å². The van der Waals surface area contributed by atoms with Gasteiger partial charge in [0, 0.05) is 23.4 Å². The van der Waals surface area contributed by atoms with Gasteiger partial charge >= 0.3 is 6.18 Å². The van der Waals surface area contributed by atoms with Gasteiger partial charge in [-0.25, -0.2) is 17.5 Å². The molecule has 166 valence electrons. The Morgan fingerprint density at radius 2 is 1.78 bits per heavy atom. The second-order valence-electron chi connectivity index (χ2n) is 7.22. The van der Waals surface area contributed by atoms with Crippen LogP contribution in [0.15, 0.2) is 70.2 Å². The molecule has 0 saturated carbocycles. The smallest absolute Gasteiger partial charge is 0.435 e. The summed E-state index contributed by atoms with van der Waals surface area (Å²) in [5.74, 6) is -0.471. The molecular weight excluding hydrogens is 448 g/mol. The summed E-state index contributed by atoms with van der Waals surface area (Å²) in [5.41, 5.74) is 0.786. The van der Waals surface area contributed by atoms with Crippen LogP contribution in [0.3, 0.4) is 0 Å². The topological polar surface area (TPSA) is 65.1 Å². The van der Waals surface area contributed by atoms with Crippen LogP contribution in [0, 0.1) is 12.7 Å². The third-order valence-corrected chi connectivity index (χ3v) is 6.00. The maximum absolute atomic E-state index is 14.4. The second-order valence-corrected chi connectivity index (χ2v) is 9.20. The molecule has 2 aromatic carbocycles. The molecule has 4 aromatic rings. The highest BCUT2D eigenvalue weighted by atomic mass is 32.2. The second kappa shape index (κ2) is 7.63. The molecule has 0 aliphatic rings. The summed E-state index contributed by atoms with van der Waals surface area (Å²) in [6, 6.07) is 12.4. The van der Waals surface area contributed by atoms with Gasteiger partial charge in [0.25, 0.3) is 0 Å². The summed E-state index contributed by atoms with van der Waals surface area (Å²) in [6.45, 7) is 1.79. The third-order valence-electron chi connectivity index (χ3n) is 4.87. The summed E-state index contributed by atoms with van der Waals surface area (Å²) >= 11 is 0. The number of alkyl halides is 3. The quantitative estimate of drug-likeness (QED) is 0.365. The van der Waals surface area contributed by atoms with E-state index in [1.54, 1.807) is 37.3 Å². The maximum Gasteiger partial charge on any atom is 0.435 e. The van der Waals surface area contributed by atoms with E-state index in [9.17, 15) is 26.0 Å². The highest BCUT2D eigenvalue weighted by molar-refractivity contribution is 7.90. The first kappa shape index (κ1) is 21.8. The molecule has 0 N–H and O–H groups in total. The van der Waals surface area contributed by atoms with Crippen LogP contribution >= 0.6 is 0 Å². The molecule has 10 heteroatoms. The van der Waals surface area contributed by atoms with E-state index in [1.807, 2.05) is 0 Å². The number of aryl methyl sites for hydroxylation is 1. The van der Waals surface area contributed by atoms with E-state index < -0.39 is 32.4 Å². The Balaban J connectivity index is 1.88. The van der Waals surface area contributed by atoms with Crippen molar-refractivity contribution >= 4 is 9.84 Å². The summed E-state index contributed by atoms with van der Waals surface area (Å²) < 4.78 is 84.3. The van der Waals surface area contributed by atoms with E-state index in [-0.39, 0.29) is 11.4 Å². The molecule has 32 heavy (non-hydrogen) atoms. The van der Waals surface area contributed by atoms with Crippen molar-refractivity contribution in [2.24, 2.45) is 0 Å². The Morgan fingerprint density at radius 1 is 1.03 bits per heavy atom. The largest absolute Gasteiger partial charge is 0.464 e. The van der Waals surface area contributed by atoms with E-state index in [4.69, 9.17) is 4.42 Å². The van der Waals surface area contributed by atoms with Crippen molar-refractivity contribution in [3.63, 3.8) is 0 Å². The SMILES string of the molecule is Cc1cc(-c2cc(C(F)(F)F)nn2-c2ccc(S(C)(=O)=O)c(F)c2)ccc1-c1ccco1. The van der Waals surface area contributed by atoms with Crippen LogP contribution in [0.1, 0.15) is 11.3 Å². The minimum absolute atomic E-state index is 0.0480. The van der Waals surface area contributed by atoms with Crippen LogP contribution in [0.25, 0.3) is 28.3 Å². The van der Waals surface area contributed by atoms with Crippen LogP contribution in [-0.2, 0) is 16.0 Å². The molecule has 0 bridgehead atoms. The zero-order chi connectivity index (χ0) is 23.3. The maximum atomic E-state index is 14.4. The Labute approximate surface area is 180 Å². The number of rotatable bonds is 4. The lowest BCUT2D eigenvalue weighted by Crippen LogP contribution is -2.08. The Morgan fingerprint density at radius 3 is 2.34 bits per heavy atom. The molecule has 4 rings (SSSR count). The van der Waals surface area contributed by atoms with Gasteiger partial charge in [0.05, 0.1) is 17.6 Å². The minimum atomic E-state index is -4.73. The molecule has 0 saturated heterocycles. The lowest BCUT2D eigenvalue weighted by molar-refractivity contribution is -0.141. The standard InChI is InChI=1S/C22H16F4N2O3S/c1-13-10-14(5-7-16(13)19-4-3-9-31-19)18-12-21(22(24,25)26)27-28(18)15-6-8-20(17(23)11-15)32(2,29)30/h3-12H,1-2H3. The van der Waals surface area contributed by atoms with Gasteiger partial charge < -0.3 is 4.42 Å². The molecule has 0 atom stereocenters. The third kappa shape index (κ3) is 4.05. The molecule has 5 nitrogen and oxygen atoms in total. The van der Waals surface area contributed by atoms with E-state index in [0.717, 1.165) is 40.3 Å². The lowest BCUT2D eigenvalue weighted by atomic mass is 10.0. The van der Waals surface area contributed by atoms with Crippen molar-refractivity contribution in [2.45, 2.75) is 18.0 Å². The van der Waals surface area contributed by atoms with Crippen molar-refractivity contribution in [1.29, 1.82) is 0 Å². The van der Waals surface area contributed by atoms with Gasteiger partial charge in [0.1, 0.15) is 16.5 Å². The zero-order valence-electron chi connectivity index (χ0n) is 16.8. The molecule has 0 radical (unpaired) electrons. The average molecular weight is 464 g/mol. The van der Waals surface area contributed by atoms with Gasteiger partial charge in [-0.05, 0) is 48.9 Å². The van der Waals surface area contributed by atoms with Crippen LogP contribution in [0.4, 0.5) is 17.6 Å². The number of hydrogen-bond acceptors (Lipinski definition) is 4. The normalized spacial score (nSPS) is 12.3. The number of hydrogen-bond donors (Lipinski definition) is 0. The van der Waals surface area contributed by atoms with Crippen LogP contribution in [0.2, 0.25) is 0 Å². The summed E-state index contributed by atoms with van der Waals surface area (Å²) in [4.78, 5) is -0.551. The average Bonchev–Trinajstić information content (AvgIpc) is 3.36. The number of benzene rings is 2. The molecule has 0 aliphatic carbocycles. The van der Waals surface area contributed by atoms with Gasteiger partial charge in [-0.3, -0.25) is 0 Å². The zero-order valence-corrected chi connectivity index (χ0v) is 17.6. The monoisotopic (exact) mass is 464 g/mol. The van der Waals surface area contributed by atoms with Crippen LogP contribution in [0.5, 0.6) is 0 Å². The number of furan rings is 1. The van der Waals surface area contributed by atoms with Gasteiger partial charge in [-0.15, -0.1) is 0 Å². The fraction of sp³-hybridized carbons (Fsp3) is 0.136. The van der Waals surface area contributed by atoms with Crippen LogP contribution < -0.4 is 0 Å². The van der Waals surface area contributed by atoms with Crippen molar-refractivity contribution in [3.8, 4) is 28.3 Å².